The molecule has 0 aliphatic rings. The number of nitrogens with one attached hydrogen (secondary N) is 1. The van der Waals surface area contributed by atoms with Crippen molar-refractivity contribution in [2.24, 2.45) is 0 Å². The topological polar surface area (TPSA) is 47.6 Å². The average molecular weight is 251 g/mol. The van der Waals surface area contributed by atoms with Crippen molar-refractivity contribution in [1.82, 2.24) is 5.32 Å². The lowest BCUT2D eigenvalue weighted by Gasteiger charge is -2.06. The van der Waals surface area contributed by atoms with Crippen molar-refractivity contribution in [1.29, 1.82) is 0 Å². The number of benzene rings is 1. The van der Waals surface area contributed by atoms with Gasteiger partial charge in [-0.25, -0.2) is 0 Å². The molecule has 1 aromatic carbocycles. The Kier molecular flexibility index (Phi) is 7.84. The highest BCUT2D eigenvalue weighted by Crippen LogP contribution is 1.96. The molecule has 0 atom stereocenters. The van der Waals surface area contributed by atoms with Crippen LogP contribution in [0.2, 0.25) is 0 Å². The van der Waals surface area contributed by atoms with Crippen LogP contribution in [0, 0.1) is 0 Å². The van der Waals surface area contributed by atoms with Crippen LogP contribution < -0.4 is 5.32 Å². The van der Waals surface area contributed by atoms with Crippen LogP contribution in [0.15, 0.2) is 30.3 Å². The van der Waals surface area contributed by atoms with E-state index >= 15 is 0 Å². The maximum atomic E-state index is 10.8. The molecule has 0 saturated carbocycles. The van der Waals surface area contributed by atoms with Gasteiger partial charge in [0.2, 0.25) is 0 Å². The Morgan fingerprint density at radius 1 is 1.22 bits per heavy atom. The van der Waals surface area contributed by atoms with Crippen LogP contribution in [0.1, 0.15) is 18.4 Å². The minimum absolute atomic E-state index is 0.180. The number of ether oxygens (including phenoxy) is 2. The van der Waals surface area contributed by atoms with Gasteiger partial charge in [0.25, 0.3) is 0 Å². The van der Waals surface area contributed by atoms with Gasteiger partial charge >= 0.3 is 5.97 Å². The lowest BCUT2D eigenvalue weighted by molar-refractivity contribution is -0.141. The lowest BCUT2D eigenvalue weighted by Crippen LogP contribution is -2.19. The minimum atomic E-state index is -0.180. The number of rotatable bonds is 9. The van der Waals surface area contributed by atoms with Crippen LogP contribution in [0.25, 0.3) is 0 Å². The number of methoxy groups -OCH3 is 1. The molecule has 100 valence electrons. The second kappa shape index (κ2) is 9.62. The average Bonchev–Trinajstić information content (AvgIpc) is 2.42. The first kappa shape index (κ1) is 14.7. The Labute approximate surface area is 108 Å². The molecule has 0 saturated heterocycles. The van der Waals surface area contributed by atoms with Crippen LogP contribution in [0.5, 0.6) is 0 Å². The predicted octanol–water partition coefficient (Wildman–Crippen LogP) is 1.75. The lowest BCUT2D eigenvalue weighted by atomic mass is 10.2. The molecule has 0 bridgehead atoms. The van der Waals surface area contributed by atoms with Gasteiger partial charge in [-0.15, -0.1) is 0 Å². The zero-order valence-corrected chi connectivity index (χ0v) is 10.9. The maximum absolute atomic E-state index is 10.8. The molecule has 18 heavy (non-hydrogen) atoms. The highest BCUT2D eigenvalue weighted by molar-refractivity contribution is 5.68. The van der Waals surface area contributed by atoms with Gasteiger partial charge in [-0.05, 0) is 12.0 Å². The fraction of sp³-hybridized carbons (Fsp3) is 0.500. The Balaban J connectivity index is 1.89. The summed E-state index contributed by atoms with van der Waals surface area (Å²) in [5.41, 5.74) is 1.27. The molecule has 4 nitrogen and oxygen atoms in total. The standard InChI is InChI=1S/C14H21NO3/c1-17-14(16)8-5-10-18-11-9-15-12-13-6-3-2-4-7-13/h2-4,6-7,15H,5,8-12H2,1H3. The van der Waals surface area contributed by atoms with Gasteiger partial charge in [0, 0.05) is 26.1 Å². The molecule has 0 heterocycles. The third kappa shape index (κ3) is 7.04. The first-order valence-electron chi connectivity index (χ1n) is 6.22. The van der Waals surface area contributed by atoms with Gasteiger partial charge < -0.3 is 14.8 Å². The van der Waals surface area contributed by atoms with Crippen molar-refractivity contribution in [2.45, 2.75) is 19.4 Å². The quantitative estimate of drug-likeness (QED) is 0.536. The van der Waals surface area contributed by atoms with Gasteiger partial charge in [0.15, 0.2) is 0 Å². The normalized spacial score (nSPS) is 10.3. The smallest absolute Gasteiger partial charge is 0.305 e. The number of hydrogen-bond acceptors (Lipinski definition) is 4. The Morgan fingerprint density at radius 2 is 2.00 bits per heavy atom. The molecule has 0 amide bonds. The number of esters is 1. The fourth-order valence-electron chi connectivity index (χ4n) is 1.50. The van der Waals surface area contributed by atoms with Crippen molar-refractivity contribution in [2.75, 3.05) is 26.9 Å². The molecule has 1 aromatic rings. The first-order valence-corrected chi connectivity index (χ1v) is 6.22. The molecule has 0 fully saturated rings. The highest BCUT2D eigenvalue weighted by atomic mass is 16.5. The molecular weight excluding hydrogens is 230 g/mol. The molecule has 0 aromatic heterocycles. The van der Waals surface area contributed by atoms with E-state index in [1.165, 1.54) is 12.7 Å². The second-order valence-corrected chi connectivity index (χ2v) is 3.95. The molecular formula is C14H21NO3. The monoisotopic (exact) mass is 251 g/mol. The molecule has 0 aliphatic carbocycles. The summed E-state index contributed by atoms with van der Waals surface area (Å²) in [6, 6.07) is 10.2. The third-order valence-corrected chi connectivity index (χ3v) is 2.49. The van der Waals surface area contributed by atoms with E-state index in [2.05, 4.69) is 22.2 Å². The molecule has 1 N–H and O–H groups in total. The van der Waals surface area contributed by atoms with Gasteiger partial charge in [-0.1, -0.05) is 30.3 Å². The van der Waals surface area contributed by atoms with Crippen LogP contribution in [0.4, 0.5) is 0 Å². The van der Waals surface area contributed by atoms with Crippen molar-refractivity contribution < 1.29 is 14.3 Å². The summed E-state index contributed by atoms with van der Waals surface area (Å²) >= 11 is 0. The third-order valence-electron chi connectivity index (χ3n) is 2.49. The molecule has 4 heteroatoms. The summed E-state index contributed by atoms with van der Waals surface area (Å²) < 4.78 is 9.93. The van der Waals surface area contributed by atoms with E-state index in [1.54, 1.807) is 0 Å². The molecule has 0 spiro atoms. The molecule has 0 radical (unpaired) electrons. The zero-order valence-electron chi connectivity index (χ0n) is 10.9. The predicted molar refractivity (Wildman–Crippen MR) is 70.2 cm³/mol. The van der Waals surface area contributed by atoms with Crippen molar-refractivity contribution in [3.05, 3.63) is 35.9 Å². The van der Waals surface area contributed by atoms with Gasteiger partial charge in [-0.3, -0.25) is 4.79 Å². The fourth-order valence-corrected chi connectivity index (χ4v) is 1.50. The SMILES string of the molecule is COC(=O)CCCOCCNCc1ccccc1. The van der Waals surface area contributed by atoms with E-state index in [4.69, 9.17) is 4.74 Å². The largest absolute Gasteiger partial charge is 0.469 e. The van der Waals surface area contributed by atoms with Crippen molar-refractivity contribution in [3.8, 4) is 0 Å². The Hall–Kier alpha value is -1.39. The summed E-state index contributed by atoms with van der Waals surface area (Å²) in [5.74, 6) is -0.180. The second-order valence-electron chi connectivity index (χ2n) is 3.95. The zero-order chi connectivity index (χ0) is 13.1. The van der Waals surface area contributed by atoms with Gasteiger partial charge in [0.05, 0.1) is 13.7 Å². The van der Waals surface area contributed by atoms with Crippen LogP contribution in [-0.2, 0) is 20.8 Å². The van der Waals surface area contributed by atoms with Crippen molar-refractivity contribution in [3.63, 3.8) is 0 Å². The number of hydrogen-bond donors (Lipinski definition) is 1. The molecule has 0 aliphatic heterocycles. The van der Waals surface area contributed by atoms with E-state index in [0.29, 0.717) is 26.1 Å². The summed E-state index contributed by atoms with van der Waals surface area (Å²) in [7, 11) is 1.40. The molecule has 1 rings (SSSR count). The van der Waals surface area contributed by atoms with E-state index in [0.717, 1.165) is 13.1 Å². The first-order chi connectivity index (χ1) is 8.83. The van der Waals surface area contributed by atoms with Crippen LogP contribution >= 0.6 is 0 Å². The van der Waals surface area contributed by atoms with Crippen molar-refractivity contribution >= 4 is 5.97 Å². The summed E-state index contributed by atoms with van der Waals surface area (Å²) in [4.78, 5) is 10.8. The molecule has 0 unspecified atom stereocenters. The Morgan fingerprint density at radius 3 is 2.72 bits per heavy atom. The van der Waals surface area contributed by atoms with Gasteiger partial charge in [-0.2, -0.15) is 0 Å². The van der Waals surface area contributed by atoms with Crippen LogP contribution in [0.3, 0.4) is 0 Å². The van der Waals surface area contributed by atoms with E-state index in [-0.39, 0.29) is 5.97 Å². The highest BCUT2D eigenvalue weighted by Gasteiger charge is 1.98. The minimum Gasteiger partial charge on any atom is -0.469 e. The summed E-state index contributed by atoms with van der Waals surface area (Å²) in [5, 5.41) is 3.30. The van der Waals surface area contributed by atoms with Crippen LogP contribution in [-0.4, -0.2) is 32.8 Å². The van der Waals surface area contributed by atoms with E-state index in [9.17, 15) is 4.79 Å². The Bertz CT molecular complexity index is 327. The number of carbonyl (C=O) groups is 1. The van der Waals surface area contributed by atoms with Gasteiger partial charge in [0.1, 0.15) is 0 Å². The summed E-state index contributed by atoms with van der Waals surface area (Å²) in [6.07, 6.45) is 1.14. The van der Waals surface area contributed by atoms with E-state index < -0.39 is 0 Å². The summed E-state index contributed by atoms with van der Waals surface area (Å²) in [6.45, 7) is 2.93. The maximum Gasteiger partial charge on any atom is 0.305 e. The number of carbonyl (C=O) groups excluding carboxylic acids is 1. The van der Waals surface area contributed by atoms with E-state index in [1.807, 2.05) is 18.2 Å².